The van der Waals surface area contributed by atoms with Gasteiger partial charge in [0.2, 0.25) is 0 Å². The van der Waals surface area contributed by atoms with Gasteiger partial charge >= 0.3 is 5.97 Å². The molecule has 0 saturated carbocycles. The van der Waals surface area contributed by atoms with Crippen LogP contribution in [0.25, 0.3) is 10.2 Å². The molecule has 7 heteroatoms. The van der Waals surface area contributed by atoms with E-state index in [0.29, 0.717) is 12.6 Å². The number of aromatic carboxylic acids is 1. The number of benzene rings is 1. The number of hydrogen-bond acceptors (Lipinski definition) is 5. The van der Waals surface area contributed by atoms with E-state index in [1.54, 1.807) is 22.1 Å². The lowest BCUT2D eigenvalue weighted by Crippen LogP contribution is -2.09. The Hall–Kier alpha value is -2.41. The van der Waals surface area contributed by atoms with Gasteiger partial charge in [0.15, 0.2) is 10.8 Å². The van der Waals surface area contributed by atoms with E-state index in [9.17, 15) is 4.79 Å². The highest BCUT2D eigenvalue weighted by molar-refractivity contribution is 7.22. The first-order valence-electron chi connectivity index (χ1n) is 7.36. The maximum atomic E-state index is 11.0. The zero-order chi connectivity index (χ0) is 16.6. The molecule has 2 N–H and O–H groups in total. The summed E-state index contributed by atoms with van der Waals surface area (Å²) in [5, 5.41) is 17.4. The van der Waals surface area contributed by atoms with Gasteiger partial charge in [-0.25, -0.2) is 9.78 Å². The number of para-hydroxylation sites is 1. The molecule has 3 aromatic rings. The molecule has 1 aromatic carbocycles. The van der Waals surface area contributed by atoms with Crippen molar-refractivity contribution in [3.05, 3.63) is 41.2 Å². The number of hydrogen-bond donors (Lipinski definition) is 2. The zero-order valence-electron chi connectivity index (χ0n) is 13.2. The molecule has 0 aliphatic carbocycles. The molecule has 23 heavy (non-hydrogen) atoms. The number of thiazole rings is 1. The standard InChI is InChI=1S/C16H18N4O2S/c1-9(2)17-16-18-14-11(5-4-6-13(14)23-16)8-20-10(3)7-12(19-20)15(21)22/h4-7,9H,8H2,1-3H3,(H,17,18)(H,21,22). The van der Waals surface area contributed by atoms with Crippen molar-refractivity contribution in [2.75, 3.05) is 5.32 Å². The predicted molar refractivity (Wildman–Crippen MR) is 91.4 cm³/mol. The average molecular weight is 330 g/mol. The molecule has 0 aliphatic rings. The van der Waals surface area contributed by atoms with Gasteiger partial charge in [0, 0.05) is 17.3 Å². The summed E-state index contributed by atoms with van der Waals surface area (Å²) in [7, 11) is 0. The molecule has 0 saturated heterocycles. The van der Waals surface area contributed by atoms with Crippen molar-refractivity contribution >= 4 is 32.7 Å². The summed E-state index contributed by atoms with van der Waals surface area (Å²) in [5.74, 6) is -1.01. The normalized spacial score (nSPS) is 11.3. The van der Waals surface area contributed by atoms with Crippen LogP contribution in [0.15, 0.2) is 24.3 Å². The second-order valence-electron chi connectivity index (χ2n) is 5.72. The Bertz CT molecular complexity index is 866. The topological polar surface area (TPSA) is 80.0 Å². The highest BCUT2D eigenvalue weighted by Crippen LogP contribution is 2.29. The van der Waals surface area contributed by atoms with E-state index < -0.39 is 5.97 Å². The van der Waals surface area contributed by atoms with Crippen LogP contribution in [0, 0.1) is 6.92 Å². The molecule has 2 aromatic heterocycles. The maximum Gasteiger partial charge on any atom is 0.356 e. The minimum Gasteiger partial charge on any atom is -0.476 e. The van der Waals surface area contributed by atoms with Crippen LogP contribution >= 0.6 is 11.3 Å². The molecular weight excluding hydrogens is 312 g/mol. The minimum atomic E-state index is -1.01. The number of rotatable bonds is 5. The highest BCUT2D eigenvalue weighted by Gasteiger charge is 2.13. The van der Waals surface area contributed by atoms with Crippen molar-refractivity contribution in [1.82, 2.24) is 14.8 Å². The summed E-state index contributed by atoms with van der Waals surface area (Å²) < 4.78 is 2.81. The van der Waals surface area contributed by atoms with Crippen LogP contribution in [0.3, 0.4) is 0 Å². The molecule has 0 bridgehead atoms. The summed E-state index contributed by atoms with van der Waals surface area (Å²) in [6, 6.07) is 7.94. The summed E-state index contributed by atoms with van der Waals surface area (Å²) >= 11 is 1.62. The number of nitrogens with one attached hydrogen (secondary N) is 1. The Morgan fingerprint density at radius 3 is 2.87 bits per heavy atom. The molecule has 0 fully saturated rings. The third-order valence-corrected chi connectivity index (χ3v) is 4.39. The lowest BCUT2D eigenvalue weighted by molar-refractivity contribution is 0.0689. The van der Waals surface area contributed by atoms with Gasteiger partial charge in [0.1, 0.15) is 0 Å². The van der Waals surface area contributed by atoms with Crippen molar-refractivity contribution < 1.29 is 9.90 Å². The number of nitrogens with zero attached hydrogens (tertiary/aromatic N) is 3. The van der Waals surface area contributed by atoms with Crippen molar-refractivity contribution in [1.29, 1.82) is 0 Å². The number of anilines is 1. The zero-order valence-corrected chi connectivity index (χ0v) is 14.0. The van der Waals surface area contributed by atoms with E-state index in [0.717, 1.165) is 26.6 Å². The lowest BCUT2D eigenvalue weighted by atomic mass is 10.2. The third kappa shape index (κ3) is 3.19. The Labute approximate surface area is 137 Å². The lowest BCUT2D eigenvalue weighted by Gasteiger charge is -2.05. The van der Waals surface area contributed by atoms with Crippen LogP contribution in [-0.4, -0.2) is 31.9 Å². The van der Waals surface area contributed by atoms with Crippen LogP contribution in [-0.2, 0) is 6.54 Å². The second kappa shape index (κ2) is 6.00. The molecule has 0 aliphatic heterocycles. The summed E-state index contributed by atoms with van der Waals surface area (Å²) in [5.41, 5.74) is 2.84. The molecule has 2 heterocycles. The van der Waals surface area contributed by atoms with Gasteiger partial charge in [-0.2, -0.15) is 5.10 Å². The predicted octanol–water partition coefficient (Wildman–Crippen LogP) is 3.37. The number of fused-ring (bicyclic) bond motifs is 1. The molecule has 120 valence electrons. The third-order valence-electron chi connectivity index (χ3n) is 3.44. The Balaban J connectivity index is 1.96. The summed E-state index contributed by atoms with van der Waals surface area (Å²) in [6.07, 6.45) is 0. The summed E-state index contributed by atoms with van der Waals surface area (Å²) in [4.78, 5) is 15.7. The maximum absolute atomic E-state index is 11.0. The number of carboxylic acid groups (broad SMARTS) is 1. The van der Waals surface area contributed by atoms with Crippen molar-refractivity contribution in [2.24, 2.45) is 0 Å². The van der Waals surface area contributed by atoms with Gasteiger partial charge in [-0.15, -0.1) is 0 Å². The van der Waals surface area contributed by atoms with Crippen molar-refractivity contribution in [3.8, 4) is 0 Å². The first kappa shape index (κ1) is 15.5. The fourth-order valence-electron chi connectivity index (χ4n) is 2.38. The molecule has 0 atom stereocenters. The fraction of sp³-hybridized carbons (Fsp3) is 0.312. The number of aryl methyl sites for hydroxylation is 1. The molecule has 0 spiro atoms. The van der Waals surface area contributed by atoms with Gasteiger partial charge in [-0.1, -0.05) is 23.5 Å². The molecule has 3 rings (SSSR count). The summed E-state index contributed by atoms with van der Waals surface area (Å²) in [6.45, 7) is 6.51. The first-order valence-corrected chi connectivity index (χ1v) is 8.18. The van der Waals surface area contributed by atoms with Gasteiger partial charge in [-0.05, 0) is 32.9 Å². The van der Waals surface area contributed by atoms with Crippen molar-refractivity contribution in [2.45, 2.75) is 33.4 Å². The molecule has 0 amide bonds. The molecule has 0 radical (unpaired) electrons. The number of aromatic nitrogens is 3. The van der Waals surface area contributed by atoms with Crippen LogP contribution < -0.4 is 5.32 Å². The van der Waals surface area contributed by atoms with E-state index in [1.807, 2.05) is 25.1 Å². The molecular formula is C16H18N4O2S. The van der Waals surface area contributed by atoms with Crippen molar-refractivity contribution in [3.63, 3.8) is 0 Å². The Kier molecular flexibility index (Phi) is 4.04. The Morgan fingerprint density at radius 2 is 2.22 bits per heavy atom. The van der Waals surface area contributed by atoms with E-state index in [-0.39, 0.29) is 5.69 Å². The van der Waals surface area contributed by atoms with Gasteiger partial charge in [0.25, 0.3) is 0 Å². The molecule has 0 unspecified atom stereocenters. The monoisotopic (exact) mass is 330 g/mol. The average Bonchev–Trinajstić information content (AvgIpc) is 3.02. The van der Waals surface area contributed by atoms with Crippen LogP contribution in [0.5, 0.6) is 0 Å². The van der Waals surface area contributed by atoms with Crippen LogP contribution in [0.1, 0.15) is 35.6 Å². The first-order chi connectivity index (χ1) is 10.9. The smallest absolute Gasteiger partial charge is 0.356 e. The minimum absolute atomic E-state index is 0.0649. The SMILES string of the molecule is Cc1cc(C(=O)O)nn1Cc1cccc2sc(NC(C)C)nc12. The molecule has 6 nitrogen and oxygen atoms in total. The largest absolute Gasteiger partial charge is 0.476 e. The quantitative estimate of drug-likeness (QED) is 0.750. The van der Waals surface area contributed by atoms with E-state index in [1.165, 1.54) is 0 Å². The van der Waals surface area contributed by atoms with E-state index in [2.05, 4.69) is 29.2 Å². The van der Waals surface area contributed by atoms with E-state index in [4.69, 9.17) is 5.11 Å². The Morgan fingerprint density at radius 1 is 1.43 bits per heavy atom. The highest BCUT2D eigenvalue weighted by atomic mass is 32.1. The second-order valence-corrected chi connectivity index (χ2v) is 6.75. The number of carbonyl (C=O) groups is 1. The van der Waals surface area contributed by atoms with Crippen LogP contribution in [0.2, 0.25) is 0 Å². The van der Waals surface area contributed by atoms with Gasteiger partial charge in [-0.3, -0.25) is 4.68 Å². The van der Waals surface area contributed by atoms with E-state index >= 15 is 0 Å². The van der Waals surface area contributed by atoms with Gasteiger partial charge in [0.05, 0.1) is 16.8 Å². The number of carboxylic acids is 1. The van der Waals surface area contributed by atoms with Gasteiger partial charge < -0.3 is 10.4 Å². The van der Waals surface area contributed by atoms with Crippen LogP contribution in [0.4, 0.5) is 5.13 Å². The fourth-order valence-corrected chi connectivity index (χ4v) is 3.44.